The Morgan fingerprint density at radius 2 is 1.97 bits per heavy atom. The summed E-state index contributed by atoms with van der Waals surface area (Å²) in [5.74, 6) is -0.0931. The monoisotopic (exact) mass is 547 g/mol. The van der Waals surface area contributed by atoms with Crippen molar-refractivity contribution in [3.63, 3.8) is 0 Å². The molecule has 2 aromatic carbocycles. The molecule has 2 N–H and O–H groups in total. The minimum absolute atomic E-state index is 0.0208. The zero-order chi connectivity index (χ0) is 26.1. The second-order valence-corrected chi connectivity index (χ2v) is 11.4. The summed E-state index contributed by atoms with van der Waals surface area (Å²) in [6.07, 6.45) is 1.76. The SMILES string of the molecule is Cc1ccccc1C1C(C#N)=C(N)N(c2nnc(SCC(=O)c3ccc(Cl)cc3)s2)C2=C1C(=O)CCC2. The van der Waals surface area contributed by atoms with E-state index in [1.807, 2.05) is 31.2 Å². The lowest BCUT2D eigenvalue weighted by Crippen LogP contribution is -2.38. The highest BCUT2D eigenvalue weighted by Gasteiger charge is 2.41. The van der Waals surface area contributed by atoms with E-state index in [1.165, 1.54) is 23.1 Å². The van der Waals surface area contributed by atoms with Crippen molar-refractivity contribution in [1.29, 1.82) is 5.26 Å². The van der Waals surface area contributed by atoms with Crippen molar-refractivity contribution >= 4 is 51.4 Å². The first-order valence-electron chi connectivity index (χ1n) is 11.7. The molecule has 0 amide bonds. The zero-order valence-electron chi connectivity index (χ0n) is 19.9. The van der Waals surface area contributed by atoms with Gasteiger partial charge in [-0.1, -0.05) is 59.0 Å². The topological polar surface area (TPSA) is 113 Å². The van der Waals surface area contributed by atoms with Crippen molar-refractivity contribution in [2.75, 3.05) is 10.7 Å². The van der Waals surface area contributed by atoms with E-state index in [9.17, 15) is 14.9 Å². The molecule has 186 valence electrons. The van der Waals surface area contributed by atoms with Gasteiger partial charge in [0.15, 0.2) is 15.9 Å². The van der Waals surface area contributed by atoms with Gasteiger partial charge in [0.1, 0.15) is 5.82 Å². The smallest absolute Gasteiger partial charge is 0.219 e. The standard InChI is InChI=1S/C27H22ClN5O2S2/c1-15-5-2-3-6-18(15)23-19(13-29)25(30)33(20-7-4-8-21(34)24(20)23)26-31-32-27(37-26)36-14-22(35)16-9-11-17(28)12-10-16/h2-3,5-6,9-12,23H,4,7-8,14,30H2,1H3. The lowest BCUT2D eigenvalue weighted by Gasteiger charge is -2.38. The van der Waals surface area contributed by atoms with Crippen LogP contribution in [0.15, 0.2) is 75.5 Å². The normalized spacial score (nSPS) is 17.6. The predicted octanol–water partition coefficient (Wildman–Crippen LogP) is 5.78. The lowest BCUT2D eigenvalue weighted by molar-refractivity contribution is -0.116. The number of nitrogens with zero attached hydrogens (tertiary/aromatic N) is 4. The van der Waals surface area contributed by atoms with E-state index in [4.69, 9.17) is 17.3 Å². The summed E-state index contributed by atoms with van der Waals surface area (Å²) in [5, 5.41) is 19.8. The molecule has 0 spiro atoms. The molecule has 5 rings (SSSR count). The maximum atomic E-state index is 13.3. The van der Waals surface area contributed by atoms with Gasteiger partial charge in [-0.3, -0.25) is 14.5 Å². The van der Waals surface area contributed by atoms with E-state index in [2.05, 4.69) is 16.3 Å². The van der Waals surface area contributed by atoms with Gasteiger partial charge >= 0.3 is 0 Å². The molecular formula is C27H22ClN5O2S2. The highest BCUT2D eigenvalue weighted by Crippen LogP contribution is 2.47. The van der Waals surface area contributed by atoms with Gasteiger partial charge in [-0.15, -0.1) is 10.2 Å². The number of nitrogens with two attached hydrogens (primary N) is 1. The van der Waals surface area contributed by atoms with Crippen LogP contribution in [0.2, 0.25) is 5.02 Å². The van der Waals surface area contributed by atoms with Crippen molar-refractivity contribution < 1.29 is 9.59 Å². The number of anilines is 1. The quantitative estimate of drug-likeness (QED) is 0.305. The first kappa shape index (κ1) is 25.2. The van der Waals surface area contributed by atoms with E-state index in [0.29, 0.717) is 50.5 Å². The fraction of sp³-hybridized carbons (Fsp3) is 0.222. The Morgan fingerprint density at radius 1 is 1.22 bits per heavy atom. The molecule has 0 saturated heterocycles. The van der Waals surface area contributed by atoms with Gasteiger partial charge in [0, 0.05) is 28.3 Å². The number of allylic oxidation sites excluding steroid dienone is 3. The molecule has 1 aromatic heterocycles. The van der Waals surface area contributed by atoms with Crippen LogP contribution in [0.1, 0.15) is 46.7 Å². The molecule has 1 aliphatic heterocycles. The number of halogens is 1. The maximum Gasteiger partial charge on any atom is 0.219 e. The van der Waals surface area contributed by atoms with Crippen LogP contribution in [-0.4, -0.2) is 27.5 Å². The number of benzene rings is 2. The average molecular weight is 548 g/mol. The van der Waals surface area contributed by atoms with Gasteiger partial charge in [0.25, 0.3) is 0 Å². The summed E-state index contributed by atoms with van der Waals surface area (Å²) >= 11 is 8.47. The number of Topliss-reactive ketones (excluding diaryl/α,β-unsaturated/α-hetero) is 2. The van der Waals surface area contributed by atoms with Gasteiger partial charge in [-0.05, 0) is 55.2 Å². The maximum absolute atomic E-state index is 13.3. The number of ketones is 2. The van der Waals surface area contributed by atoms with Crippen LogP contribution in [0.5, 0.6) is 0 Å². The van der Waals surface area contributed by atoms with E-state index in [-0.39, 0.29) is 23.1 Å². The molecule has 37 heavy (non-hydrogen) atoms. The summed E-state index contributed by atoms with van der Waals surface area (Å²) in [4.78, 5) is 27.5. The number of rotatable bonds is 6. The van der Waals surface area contributed by atoms with Gasteiger partial charge in [-0.25, -0.2) is 0 Å². The number of hydrogen-bond donors (Lipinski definition) is 1. The molecule has 0 fully saturated rings. The van der Waals surface area contributed by atoms with E-state index >= 15 is 0 Å². The molecule has 0 bridgehead atoms. The number of hydrogen-bond acceptors (Lipinski definition) is 9. The summed E-state index contributed by atoms with van der Waals surface area (Å²) in [5.41, 5.74) is 10.8. The Morgan fingerprint density at radius 3 is 2.70 bits per heavy atom. The lowest BCUT2D eigenvalue weighted by atomic mass is 9.75. The van der Waals surface area contributed by atoms with Crippen molar-refractivity contribution in [1.82, 2.24) is 10.2 Å². The number of carbonyl (C=O) groups excluding carboxylic acids is 2. The Labute approximate surface area is 227 Å². The number of thioether (sulfide) groups is 1. The van der Waals surface area contributed by atoms with Crippen LogP contribution in [0, 0.1) is 18.3 Å². The van der Waals surface area contributed by atoms with Gasteiger partial charge < -0.3 is 5.73 Å². The first-order chi connectivity index (χ1) is 17.9. The van der Waals surface area contributed by atoms with Crippen LogP contribution in [0.25, 0.3) is 0 Å². The van der Waals surface area contributed by atoms with E-state index in [1.54, 1.807) is 29.2 Å². The summed E-state index contributed by atoms with van der Waals surface area (Å²) in [6, 6.07) is 16.8. The summed E-state index contributed by atoms with van der Waals surface area (Å²) in [7, 11) is 0. The van der Waals surface area contributed by atoms with E-state index < -0.39 is 5.92 Å². The fourth-order valence-corrected chi connectivity index (χ4v) is 6.63. The highest BCUT2D eigenvalue weighted by molar-refractivity contribution is 8.01. The molecule has 1 aliphatic carbocycles. The van der Waals surface area contributed by atoms with Crippen LogP contribution < -0.4 is 10.6 Å². The molecule has 1 atom stereocenters. The molecule has 10 heteroatoms. The molecule has 7 nitrogen and oxygen atoms in total. The van der Waals surface area contributed by atoms with Crippen molar-refractivity contribution in [2.45, 2.75) is 36.4 Å². The van der Waals surface area contributed by atoms with E-state index in [0.717, 1.165) is 16.8 Å². The predicted molar refractivity (Wildman–Crippen MR) is 146 cm³/mol. The molecule has 2 aliphatic rings. The number of carbonyl (C=O) groups is 2. The second kappa shape index (κ2) is 10.5. The van der Waals surface area contributed by atoms with Crippen LogP contribution >= 0.6 is 34.7 Å². The Bertz CT molecular complexity index is 1500. The Hall–Kier alpha value is -3.45. The average Bonchev–Trinajstić information content (AvgIpc) is 3.36. The largest absolute Gasteiger partial charge is 0.384 e. The summed E-state index contributed by atoms with van der Waals surface area (Å²) < 4.78 is 0.592. The van der Waals surface area contributed by atoms with Gasteiger partial charge in [0.2, 0.25) is 5.13 Å². The Kier molecular flexibility index (Phi) is 7.15. The van der Waals surface area contributed by atoms with Crippen LogP contribution in [0.4, 0.5) is 5.13 Å². The third kappa shape index (κ3) is 4.80. The van der Waals surface area contributed by atoms with Crippen molar-refractivity contribution in [3.8, 4) is 6.07 Å². The number of aryl methyl sites for hydroxylation is 1. The highest BCUT2D eigenvalue weighted by atomic mass is 35.5. The van der Waals surface area contributed by atoms with Crippen LogP contribution in [-0.2, 0) is 4.79 Å². The minimum Gasteiger partial charge on any atom is -0.384 e. The molecule has 2 heterocycles. The first-order valence-corrected chi connectivity index (χ1v) is 13.8. The second-order valence-electron chi connectivity index (χ2n) is 8.74. The minimum atomic E-state index is -0.510. The summed E-state index contributed by atoms with van der Waals surface area (Å²) in [6.45, 7) is 1.97. The van der Waals surface area contributed by atoms with Crippen molar-refractivity contribution in [3.05, 3.63) is 92.9 Å². The van der Waals surface area contributed by atoms with Gasteiger partial charge in [-0.2, -0.15) is 5.26 Å². The molecule has 3 aromatic rings. The molecule has 0 radical (unpaired) electrons. The zero-order valence-corrected chi connectivity index (χ0v) is 22.3. The number of aromatic nitrogens is 2. The fourth-order valence-electron chi connectivity index (χ4n) is 4.72. The third-order valence-electron chi connectivity index (χ3n) is 6.49. The Balaban J connectivity index is 1.48. The molecule has 0 saturated carbocycles. The third-order valence-corrected chi connectivity index (χ3v) is 8.79. The molecule has 1 unspecified atom stereocenters. The van der Waals surface area contributed by atoms with Crippen LogP contribution in [0.3, 0.4) is 0 Å². The molecular weight excluding hydrogens is 526 g/mol. The van der Waals surface area contributed by atoms with Gasteiger partial charge in [0.05, 0.1) is 23.3 Å². The number of nitriles is 1. The van der Waals surface area contributed by atoms with Crippen molar-refractivity contribution in [2.24, 2.45) is 5.73 Å².